The molecule has 2 rings (SSSR count). The monoisotopic (exact) mass is 367 g/mol. The van der Waals surface area contributed by atoms with Gasteiger partial charge >= 0.3 is 5.97 Å². The topological polar surface area (TPSA) is 83.5 Å². The van der Waals surface area contributed by atoms with Crippen molar-refractivity contribution in [1.29, 1.82) is 0 Å². The van der Waals surface area contributed by atoms with Crippen LogP contribution in [-0.4, -0.2) is 28.8 Å². The largest absolute Gasteiger partial charge is 0.481 e. The number of benzene rings is 2. The van der Waals surface area contributed by atoms with Crippen molar-refractivity contribution in [1.82, 2.24) is 5.32 Å². The molecular weight excluding hydrogens is 342 g/mol. The second-order valence-corrected chi connectivity index (χ2v) is 6.51. The van der Waals surface area contributed by atoms with Crippen molar-refractivity contribution < 1.29 is 19.5 Å². The van der Waals surface area contributed by atoms with Crippen molar-refractivity contribution in [3.05, 3.63) is 71.8 Å². The Balaban J connectivity index is 1.96. The summed E-state index contributed by atoms with van der Waals surface area (Å²) in [6.45, 7) is 0. The van der Waals surface area contributed by atoms with E-state index in [-0.39, 0.29) is 31.0 Å². The van der Waals surface area contributed by atoms with Crippen molar-refractivity contribution in [2.45, 2.75) is 44.6 Å². The maximum atomic E-state index is 12.7. The number of Topliss-reactive ketones (excluding diaryl/α,β-unsaturated/α-hetero) is 1. The molecule has 0 saturated heterocycles. The Bertz CT molecular complexity index is 743. The number of nitrogens with one attached hydrogen (secondary N) is 1. The van der Waals surface area contributed by atoms with Gasteiger partial charge in [-0.25, -0.2) is 0 Å². The van der Waals surface area contributed by atoms with Crippen LogP contribution in [0.15, 0.2) is 60.7 Å². The lowest BCUT2D eigenvalue weighted by atomic mass is 9.97. The number of hydrogen-bond acceptors (Lipinski definition) is 3. The van der Waals surface area contributed by atoms with Gasteiger partial charge in [-0.3, -0.25) is 14.4 Å². The number of carboxylic acid groups (broad SMARTS) is 1. The van der Waals surface area contributed by atoms with Crippen molar-refractivity contribution >= 4 is 17.7 Å². The van der Waals surface area contributed by atoms with E-state index in [1.807, 2.05) is 60.7 Å². The maximum Gasteiger partial charge on any atom is 0.303 e. The lowest BCUT2D eigenvalue weighted by Crippen LogP contribution is -2.42. The number of carbonyl (C=O) groups is 3. The van der Waals surface area contributed by atoms with E-state index < -0.39 is 12.0 Å². The summed E-state index contributed by atoms with van der Waals surface area (Å²) >= 11 is 0. The van der Waals surface area contributed by atoms with Crippen LogP contribution >= 0.6 is 0 Å². The number of ketones is 1. The third-order valence-electron chi connectivity index (χ3n) is 4.30. The molecular formula is C22H25NO4. The van der Waals surface area contributed by atoms with E-state index in [1.165, 1.54) is 0 Å². The molecule has 0 heterocycles. The summed E-state index contributed by atoms with van der Waals surface area (Å²) in [5, 5.41) is 11.5. The van der Waals surface area contributed by atoms with Gasteiger partial charge in [0.2, 0.25) is 5.91 Å². The number of carboxylic acids is 1. The second kappa shape index (κ2) is 10.9. The Morgan fingerprint density at radius 1 is 0.815 bits per heavy atom. The summed E-state index contributed by atoms with van der Waals surface area (Å²) < 4.78 is 0. The first kappa shape index (κ1) is 20.4. The van der Waals surface area contributed by atoms with Crippen molar-refractivity contribution in [3.8, 4) is 0 Å². The number of aliphatic carboxylic acids is 1. The van der Waals surface area contributed by atoms with Gasteiger partial charge in [-0.1, -0.05) is 60.7 Å². The highest BCUT2D eigenvalue weighted by atomic mass is 16.4. The Morgan fingerprint density at radius 3 is 2.00 bits per heavy atom. The van der Waals surface area contributed by atoms with E-state index in [0.717, 1.165) is 11.1 Å². The molecule has 0 bridgehead atoms. The van der Waals surface area contributed by atoms with Crippen LogP contribution in [0, 0.1) is 0 Å². The van der Waals surface area contributed by atoms with Gasteiger partial charge in [0.25, 0.3) is 0 Å². The highest BCUT2D eigenvalue weighted by molar-refractivity contribution is 5.89. The first-order valence-electron chi connectivity index (χ1n) is 9.16. The first-order valence-corrected chi connectivity index (χ1v) is 9.16. The van der Waals surface area contributed by atoms with Crippen LogP contribution in [0.5, 0.6) is 0 Å². The van der Waals surface area contributed by atoms with E-state index in [2.05, 4.69) is 5.32 Å². The predicted octanol–water partition coefficient (Wildman–Crippen LogP) is 3.17. The zero-order chi connectivity index (χ0) is 19.5. The number of aryl methyl sites for hydroxylation is 1. The summed E-state index contributed by atoms with van der Waals surface area (Å²) in [5.74, 6) is -1.23. The fourth-order valence-corrected chi connectivity index (χ4v) is 2.85. The van der Waals surface area contributed by atoms with E-state index in [9.17, 15) is 14.4 Å². The van der Waals surface area contributed by atoms with Crippen LogP contribution < -0.4 is 5.32 Å². The van der Waals surface area contributed by atoms with Gasteiger partial charge in [0.1, 0.15) is 0 Å². The molecule has 27 heavy (non-hydrogen) atoms. The highest BCUT2D eigenvalue weighted by Crippen LogP contribution is 2.09. The van der Waals surface area contributed by atoms with Crippen LogP contribution in [0.4, 0.5) is 0 Å². The molecule has 1 unspecified atom stereocenters. The van der Waals surface area contributed by atoms with Gasteiger partial charge in [-0.15, -0.1) is 0 Å². The zero-order valence-electron chi connectivity index (χ0n) is 15.3. The van der Waals surface area contributed by atoms with Crippen LogP contribution in [0.25, 0.3) is 0 Å². The van der Waals surface area contributed by atoms with Crippen molar-refractivity contribution in [2.24, 2.45) is 0 Å². The molecule has 0 spiro atoms. The second-order valence-electron chi connectivity index (χ2n) is 6.51. The summed E-state index contributed by atoms with van der Waals surface area (Å²) in [6.07, 6.45) is 1.70. The summed E-state index contributed by atoms with van der Waals surface area (Å²) in [6, 6.07) is 18.7. The molecule has 0 aromatic heterocycles. The first-order chi connectivity index (χ1) is 13.0. The van der Waals surface area contributed by atoms with Crippen molar-refractivity contribution in [2.75, 3.05) is 0 Å². The van der Waals surface area contributed by atoms with Gasteiger partial charge < -0.3 is 10.4 Å². The van der Waals surface area contributed by atoms with E-state index in [1.54, 1.807) is 0 Å². The van der Waals surface area contributed by atoms with Gasteiger partial charge in [0, 0.05) is 19.3 Å². The minimum absolute atomic E-state index is 0.0192. The van der Waals surface area contributed by atoms with E-state index in [4.69, 9.17) is 5.11 Å². The minimum atomic E-state index is -0.928. The highest BCUT2D eigenvalue weighted by Gasteiger charge is 2.21. The molecule has 2 N–H and O–H groups in total. The molecule has 0 aliphatic heterocycles. The molecule has 1 amide bonds. The molecule has 1 atom stereocenters. The number of hydrogen-bond donors (Lipinski definition) is 2. The lowest BCUT2D eigenvalue weighted by Gasteiger charge is -2.18. The molecule has 5 heteroatoms. The summed E-state index contributed by atoms with van der Waals surface area (Å²) in [7, 11) is 0. The van der Waals surface area contributed by atoms with Gasteiger partial charge in [0.15, 0.2) is 5.78 Å². The molecule has 142 valence electrons. The standard InChI is InChI=1S/C22H25NO4/c24-20(15-14-17-8-3-1-4-9-17)19(16-18-10-5-2-6-11-18)23-21(25)12-7-13-22(26)27/h1-6,8-11,19H,7,12-16H2,(H,23,25)(H,26,27). The quantitative estimate of drug-likeness (QED) is 0.639. The Hall–Kier alpha value is -2.95. The number of amides is 1. The lowest BCUT2D eigenvalue weighted by molar-refractivity contribution is -0.137. The van der Waals surface area contributed by atoms with Crippen LogP contribution in [0.2, 0.25) is 0 Å². The number of carbonyl (C=O) groups excluding carboxylic acids is 2. The third kappa shape index (κ3) is 7.86. The molecule has 0 saturated carbocycles. The predicted molar refractivity (Wildman–Crippen MR) is 103 cm³/mol. The van der Waals surface area contributed by atoms with Crippen molar-refractivity contribution in [3.63, 3.8) is 0 Å². The summed E-state index contributed by atoms with van der Waals surface area (Å²) in [5.41, 5.74) is 2.05. The molecule has 0 aliphatic carbocycles. The Kier molecular flexibility index (Phi) is 8.23. The molecule has 0 aliphatic rings. The SMILES string of the molecule is O=C(O)CCCC(=O)NC(Cc1ccccc1)C(=O)CCc1ccccc1. The Labute approximate surface area is 159 Å². The molecule has 5 nitrogen and oxygen atoms in total. The van der Waals surface area contributed by atoms with E-state index >= 15 is 0 Å². The van der Waals surface area contributed by atoms with Crippen LogP contribution in [0.3, 0.4) is 0 Å². The Morgan fingerprint density at radius 2 is 1.41 bits per heavy atom. The fourth-order valence-electron chi connectivity index (χ4n) is 2.85. The van der Waals surface area contributed by atoms with Crippen LogP contribution in [0.1, 0.15) is 36.8 Å². The molecule has 0 fully saturated rings. The van der Waals surface area contributed by atoms with Gasteiger partial charge in [-0.05, 0) is 30.4 Å². The maximum absolute atomic E-state index is 12.7. The molecule has 2 aromatic rings. The smallest absolute Gasteiger partial charge is 0.303 e. The number of rotatable bonds is 11. The average Bonchev–Trinajstić information content (AvgIpc) is 2.67. The van der Waals surface area contributed by atoms with Gasteiger partial charge in [0.05, 0.1) is 6.04 Å². The third-order valence-corrected chi connectivity index (χ3v) is 4.30. The normalized spacial score (nSPS) is 11.6. The molecule has 0 radical (unpaired) electrons. The van der Waals surface area contributed by atoms with E-state index in [0.29, 0.717) is 19.3 Å². The van der Waals surface area contributed by atoms with Crippen LogP contribution in [-0.2, 0) is 27.2 Å². The molecule has 2 aromatic carbocycles. The summed E-state index contributed by atoms with van der Waals surface area (Å²) in [4.78, 5) is 35.5. The fraction of sp³-hybridized carbons (Fsp3) is 0.318. The average molecular weight is 367 g/mol. The zero-order valence-corrected chi connectivity index (χ0v) is 15.3. The minimum Gasteiger partial charge on any atom is -0.481 e. The van der Waals surface area contributed by atoms with Gasteiger partial charge in [-0.2, -0.15) is 0 Å².